The van der Waals surface area contributed by atoms with Crippen LogP contribution in [0.3, 0.4) is 0 Å². The molecule has 0 aliphatic heterocycles. The van der Waals surface area contributed by atoms with E-state index >= 15 is 0 Å². The quantitative estimate of drug-likeness (QED) is 0.507. The Hall–Kier alpha value is -1.26. The number of aliphatic hydroxyl groups is 2. The molecule has 0 aliphatic rings. The zero-order valence-corrected chi connectivity index (χ0v) is 8.68. The van der Waals surface area contributed by atoms with E-state index in [1.165, 1.54) is 13.0 Å². The van der Waals surface area contributed by atoms with Crippen molar-refractivity contribution < 1.29 is 20.1 Å². The molecule has 1 rings (SSSR count). The second kappa shape index (κ2) is 5.00. The van der Waals surface area contributed by atoms with Crippen molar-refractivity contribution >= 4 is 0 Å². The first-order valence-corrected chi connectivity index (χ1v) is 4.84. The molecule has 1 aromatic rings. The summed E-state index contributed by atoms with van der Waals surface area (Å²) in [7, 11) is 0. The minimum Gasteiger partial charge on any atom is -0.508 e. The fourth-order valence-electron chi connectivity index (χ4n) is 1.17. The van der Waals surface area contributed by atoms with Crippen molar-refractivity contribution in [1.82, 2.24) is 0 Å². The normalized spacial score (nSPS) is 11.4. The Balaban J connectivity index is 2.26. The third kappa shape index (κ3) is 5.24. The Kier molecular flexibility index (Phi) is 3.94. The van der Waals surface area contributed by atoms with Gasteiger partial charge >= 0.3 is 0 Å². The smallest absolute Gasteiger partial charge is 0.159 e. The number of ether oxygens (including phenoxy) is 1. The van der Waals surface area contributed by atoms with Crippen molar-refractivity contribution in [2.75, 3.05) is 6.61 Å². The molecule has 0 heterocycles. The average Bonchev–Trinajstić information content (AvgIpc) is 2.11. The number of hydrogen-bond donors (Lipinski definition) is 3. The van der Waals surface area contributed by atoms with E-state index < -0.39 is 5.79 Å². The van der Waals surface area contributed by atoms with Gasteiger partial charge in [0.05, 0.1) is 6.61 Å². The fraction of sp³-hybridized carbons (Fsp3) is 0.455. The van der Waals surface area contributed by atoms with E-state index in [1.54, 1.807) is 18.2 Å². The molecule has 0 amide bonds. The first-order chi connectivity index (χ1) is 6.97. The molecule has 4 nitrogen and oxygen atoms in total. The summed E-state index contributed by atoms with van der Waals surface area (Å²) in [5.74, 6) is -0.906. The van der Waals surface area contributed by atoms with Crippen LogP contribution in [0.2, 0.25) is 0 Å². The summed E-state index contributed by atoms with van der Waals surface area (Å²) in [5.41, 5.74) is 0. The lowest BCUT2D eigenvalue weighted by molar-refractivity contribution is -0.151. The monoisotopic (exact) mass is 212 g/mol. The van der Waals surface area contributed by atoms with Gasteiger partial charge < -0.3 is 20.1 Å². The molecular weight excluding hydrogens is 196 g/mol. The van der Waals surface area contributed by atoms with Crippen LogP contribution in [0.4, 0.5) is 0 Å². The summed E-state index contributed by atoms with van der Waals surface area (Å²) >= 11 is 0. The third-order valence-corrected chi connectivity index (χ3v) is 1.88. The number of phenols is 1. The average molecular weight is 212 g/mol. The molecule has 3 N–H and O–H groups in total. The zero-order chi connectivity index (χ0) is 11.3. The lowest BCUT2D eigenvalue weighted by Crippen LogP contribution is -2.23. The SMILES string of the molecule is CC(O)(O)CCCOc1cccc(O)c1. The van der Waals surface area contributed by atoms with Crippen LogP contribution in [-0.4, -0.2) is 27.7 Å². The van der Waals surface area contributed by atoms with Gasteiger partial charge in [0.2, 0.25) is 0 Å². The van der Waals surface area contributed by atoms with E-state index in [2.05, 4.69) is 0 Å². The summed E-state index contributed by atoms with van der Waals surface area (Å²) in [6.45, 7) is 1.72. The van der Waals surface area contributed by atoms with E-state index in [0.717, 1.165) is 0 Å². The molecule has 0 fully saturated rings. The van der Waals surface area contributed by atoms with Gasteiger partial charge in [-0.1, -0.05) is 6.07 Å². The highest BCUT2D eigenvalue weighted by molar-refractivity contribution is 5.31. The van der Waals surface area contributed by atoms with E-state index in [0.29, 0.717) is 18.8 Å². The van der Waals surface area contributed by atoms with Crippen LogP contribution in [0, 0.1) is 0 Å². The van der Waals surface area contributed by atoms with E-state index in [-0.39, 0.29) is 12.2 Å². The summed E-state index contributed by atoms with van der Waals surface area (Å²) in [4.78, 5) is 0. The molecule has 0 aromatic heterocycles. The lowest BCUT2D eigenvalue weighted by atomic mass is 10.2. The lowest BCUT2D eigenvalue weighted by Gasteiger charge is -2.15. The van der Waals surface area contributed by atoms with Crippen LogP contribution >= 0.6 is 0 Å². The van der Waals surface area contributed by atoms with E-state index in [1.807, 2.05) is 0 Å². The maximum atomic E-state index is 9.14. The van der Waals surface area contributed by atoms with Gasteiger partial charge in [0.15, 0.2) is 5.79 Å². The molecule has 0 unspecified atom stereocenters. The van der Waals surface area contributed by atoms with E-state index in [9.17, 15) is 0 Å². The number of benzene rings is 1. The van der Waals surface area contributed by atoms with Gasteiger partial charge in [0.25, 0.3) is 0 Å². The number of aromatic hydroxyl groups is 1. The van der Waals surface area contributed by atoms with Crippen LogP contribution in [0.1, 0.15) is 19.8 Å². The van der Waals surface area contributed by atoms with Gasteiger partial charge in [-0.2, -0.15) is 0 Å². The highest BCUT2D eigenvalue weighted by Gasteiger charge is 2.13. The first kappa shape index (κ1) is 11.8. The van der Waals surface area contributed by atoms with Crippen LogP contribution in [0.15, 0.2) is 24.3 Å². The zero-order valence-electron chi connectivity index (χ0n) is 8.68. The molecule has 0 atom stereocenters. The second-order valence-corrected chi connectivity index (χ2v) is 3.67. The number of phenolic OH excluding ortho intramolecular Hbond substituents is 1. The van der Waals surface area contributed by atoms with Crippen LogP contribution in [0.25, 0.3) is 0 Å². The summed E-state index contributed by atoms with van der Waals surface area (Å²) in [6.07, 6.45) is 0.797. The standard InChI is InChI=1S/C11H16O4/c1-11(13,14)6-3-7-15-10-5-2-4-9(12)8-10/h2,4-5,8,12-14H,3,6-7H2,1H3. The highest BCUT2D eigenvalue weighted by Crippen LogP contribution is 2.18. The maximum Gasteiger partial charge on any atom is 0.159 e. The van der Waals surface area contributed by atoms with Crippen molar-refractivity contribution in [2.45, 2.75) is 25.6 Å². The minimum atomic E-state index is -1.64. The molecule has 15 heavy (non-hydrogen) atoms. The van der Waals surface area contributed by atoms with Crippen molar-refractivity contribution in [1.29, 1.82) is 0 Å². The molecule has 0 saturated carbocycles. The van der Waals surface area contributed by atoms with Crippen LogP contribution < -0.4 is 4.74 Å². The van der Waals surface area contributed by atoms with Gasteiger partial charge in [0.1, 0.15) is 11.5 Å². The van der Waals surface area contributed by atoms with Crippen molar-refractivity contribution in [2.24, 2.45) is 0 Å². The Morgan fingerprint density at radius 1 is 1.33 bits per heavy atom. The fourth-order valence-corrected chi connectivity index (χ4v) is 1.17. The Morgan fingerprint density at radius 2 is 2.07 bits per heavy atom. The largest absolute Gasteiger partial charge is 0.508 e. The predicted molar refractivity (Wildman–Crippen MR) is 55.7 cm³/mol. The first-order valence-electron chi connectivity index (χ1n) is 4.84. The van der Waals surface area contributed by atoms with Gasteiger partial charge in [0, 0.05) is 12.5 Å². The highest BCUT2D eigenvalue weighted by atomic mass is 16.5. The summed E-state index contributed by atoms with van der Waals surface area (Å²) in [5, 5.41) is 27.2. The Morgan fingerprint density at radius 3 is 2.67 bits per heavy atom. The van der Waals surface area contributed by atoms with Crippen LogP contribution in [0.5, 0.6) is 11.5 Å². The summed E-state index contributed by atoms with van der Waals surface area (Å²) < 4.78 is 5.30. The van der Waals surface area contributed by atoms with Gasteiger partial charge in [-0.25, -0.2) is 0 Å². The molecule has 0 radical (unpaired) electrons. The second-order valence-electron chi connectivity index (χ2n) is 3.67. The molecule has 84 valence electrons. The molecule has 0 saturated heterocycles. The van der Waals surface area contributed by atoms with Gasteiger partial charge in [-0.15, -0.1) is 0 Å². The van der Waals surface area contributed by atoms with Gasteiger partial charge in [-0.3, -0.25) is 0 Å². The third-order valence-electron chi connectivity index (χ3n) is 1.88. The van der Waals surface area contributed by atoms with Gasteiger partial charge in [-0.05, 0) is 25.5 Å². The Bertz CT molecular complexity index is 304. The molecule has 0 aliphatic carbocycles. The number of rotatable bonds is 5. The topological polar surface area (TPSA) is 69.9 Å². The van der Waals surface area contributed by atoms with Crippen molar-refractivity contribution in [3.8, 4) is 11.5 Å². The maximum absolute atomic E-state index is 9.14. The van der Waals surface area contributed by atoms with Crippen LogP contribution in [-0.2, 0) is 0 Å². The number of hydrogen-bond acceptors (Lipinski definition) is 4. The molecule has 0 spiro atoms. The van der Waals surface area contributed by atoms with Crippen molar-refractivity contribution in [3.63, 3.8) is 0 Å². The Labute approximate surface area is 88.8 Å². The minimum absolute atomic E-state index is 0.154. The molecular formula is C11H16O4. The van der Waals surface area contributed by atoms with E-state index in [4.69, 9.17) is 20.1 Å². The predicted octanol–water partition coefficient (Wildman–Crippen LogP) is 1.25. The molecule has 4 heteroatoms. The van der Waals surface area contributed by atoms with Crippen molar-refractivity contribution in [3.05, 3.63) is 24.3 Å². The molecule has 0 bridgehead atoms. The molecule has 1 aromatic carbocycles. The summed E-state index contributed by atoms with van der Waals surface area (Å²) in [6, 6.07) is 6.49.